The van der Waals surface area contributed by atoms with Gasteiger partial charge in [0, 0.05) is 48.8 Å². The predicted molar refractivity (Wildman–Crippen MR) is 128 cm³/mol. The number of hydrazone groups is 1. The number of piperazine rings is 1. The van der Waals surface area contributed by atoms with Crippen LogP contribution in [0.5, 0.6) is 0 Å². The highest BCUT2D eigenvalue weighted by Crippen LogP contribution is 2.29. The van der Waals surface area contributed by atoms with Gasteiger partial charge in [0.15, 0.2) is 0 Å². The van der Waals surface area contributed by atoms with E-state index in [1.807, 2.05) is 21.1 Å². The highest BCUT2D eigenvalue weighted by atomic mass is 19.1. The molecule has 170 valence electrons. The summed E-state index contributed by atoms with van der Waals surface area (Å²) in [7, 11) is 0. The van der Waals surface area contributed by atoms with Crippen LogP contribution in [0.25, 0.3) is 0 Å². The van der Waals surface area contributed by atoms with Gasteiger partial charge in [-0.2, -0.15) is 5.10 Å². The Morgan fingerprint density at radius 3 is 1.97 bits per heavy atom. The van der Waals surface area contributed by atoms with Crippen molar-refractivity contribution in [3.05, 3.63) is 66.0 Å². The van der Waals surface area contributed by atoms with Crippen molar-refractivity contribution in [1.82, 2.24) is 5.01 Å². The molecule has 0 aliphatic carbocycles. The Labute approximate surface area is 189 Å². The SMILES string of the molecule is C=C1N(c2ccc(N3CCN(c4cc(F)c(CC)c(F)c4)CC3)cc2)C=NN1C(C)CC. The molecule has 2 aromatic carbocycles. The first-order chi connectivity index (χ1) is 15.4. The molecule has 1 fully saturated rings. The van der Waals surface area contributed by atoms with Crippen molar-refractivity contribution in [2.24, 2.45) is 5.10 Å². The van der Waals surface area contributed by atoms with E-state index in [4.69, 9.17) is 0 Å². The van der Waals surface area contributed by atoms with Crippen LogP contribution < -0.4 is 14.7 Å². The van der Waals surface area contributed by atoms with Crippen molar-refractivity contribution < 1.29 is 8.78 Å². The molecule has 2 heterocycles. The molecular weight excluding hydrogens is 408 g/mol. The summed E-state index contributed by atoms with van der Waals surface area (Å²) in [4.78, 5) is 6.34. The fourth-order valence-corrected chi connectivity index (χ4v) is 4.26. The molecule has 5 nitrogen and oxygen atoms in total. The standard InChI is InChI=1S/C25H31F2N5/c1-5-18(3)32-19(4)31(17-28-32)21-9-7-20(8-10-21)29-11-13-30(14-12-29)22-15-24(26)23(6-2)25(27)16-22/h7-10,15-18H,4-6,11-14H2,1-3H3. The van der Waals surface area contributed by atoms with Gasteiger partial charge in [-0.1, -0.05) is 20.4 Å². The van der Waals surface area contributed by atoms with Gasteiger partial charge in [0.1, 0.15) is 23.8 Å². The lowest BCUT2D eigenvalue weighted by Crippen LogP contribution is -2.46. The molecule has 0 radical (unpaired) electrons. The lowest BCUT2D eigenvalue weighted by atomic mass is 10.1. The topological polar surface area (TPSA) is 25.3 Å². The zero-order valence-corrected chi connectivity index (χ0v) is 19.1. The quantitative estimate of drug-likeness (QED) is 0.619. The predicted octanol–water partition coefficient (Wildman–Crippen LogP) is 5.19. The van der Waals surface area contributed by atoms with Crippen molar-refractivity contribution >= 4 is 23.4 Å². The second kappa shape index (κ2) is 9.18. The summed E-state index contributed by atoms with van der Waals surface area (Å²) < 4.78 is 28.4. The smallest absolute Gasteiger partial charge is 0.131 e. The lowest BCUT2D eigenvalue weighted by molar-refractivity contribution is 0.286. The van der Waals surface area contributed by atoms with Crippen LogP contribution in [0.2, 0.25) is 0 Å². The highest BCUT2D eigenvalue weighted by molar-refractivity contribution is 5.85. The third kappa shape index (κ3) is 4.16. The van der Waals surface area contributed by atoms with E-state index < -0.39 is 11.6 Å². The maximum atomic E-state index is 14.2. The van der Waals surface area contributed by atoms with Gasteiger partial charge in [0.25, 0.3) is 0 Å². The van der Waals surface area contributed by atoms with E-state index in [0.29, 0.717) is 31.2 Å². The van der Waals surface area contributed by atoms with Gasteiger partial charge in [-0.15, -0.1) is 0 Å². The summed E-state index contributed by atoms with van der Waals surface area (Å²) in [5.74, 6) is -0.0619. The molecule has 0 amide bonds. The Balaban J connectivity index is 1.39. The number of anilines is 3. The van der Waals surface area contributed by atoms with Crippen molar-refractivity contribution in [1.29, 1.82) is 0 Å². The van der Waals surface area contributed by atoms with E-state index in [0.717, 1.165) is 36.7 Å². The van der Waals surface area contributed by atoms with Gasteiger partial charge < -0.3 is 9.80 Å². The molecule has 2 aliphatic heterocycles. The first-order valence-electron chi connectivity index (χ1n) is 11.3. The molecule has 7 heteroatoms. The van der Waals surface area contributed by atoms with Crippen LogP contribution in [0.1, 0.15) is 32.8 Å². The third-order valence-electron chi connectivity index (χ3n) is 6.46. The monoisotopic (exact) mass is 439 g/mol. The van der Waals surface area contributed by atoms with Crippen LogP contribution in [0.4, 0.5) is 25.8 Å². The van der Waals surface area contributed by atoms with E-state index in [1.54, 1.807) is 6.92 Å². The van der Waals surface area contributed by atoms with Crippen LogP contribution in [0.3, 0.4) is 0 Å². The van der Waals surface area contributed by atoms with Crippen molar-refractivity contribution in [3.63, 3.8) is 0 Å². The molecular formula is C25H31F2N5. The zero-order valence-electron chi connectivity index (χ0n) is 19.1. The third-order valence-corrected chi connectivity index (χ3v) is 6.46. The second-order valence-electron chi connectivity index (χ2n) is 8.35. The summed E-state index contributed by atoms with van der Waals surface area (Å²) >= 11 is 0. The molecule has 0 N–H and O–H groups in total. The summed E-state index contributed by atoms with van der Waals surface area (Å²) in [5, 5.41) is 6.43. The van der Waals surface area contributed by atoms with Crippen molar-refractivity contribution in [2.45, 2.75) is 39.7 Å². The van der Waals surface area contributed by atoms with E-state index in [-0.39, 0.29) is 5.56 Å². The van der Waals surface area contributed by atoms with Gasteiger partial charge in [-0.25, -0.2) is 13.8 Å². The van der Waals surface area contributed by atoms with E-state index >= 15 is 0 Å². The Morgan fingerprint density at radius 2 is 1.44 bits per heavy atom. The Hall–Kier alpha value is -3.09. The average Bonchev–Trinajstić information content (AvgIpc) is 3.20. The van der Waals surface area contributed by atoms with Crippen molar-refractivity contribution in [2.75, 3.05) is 40.9 Å². The molecule has 0 aromatic heterocycles. The van der Waals surface area contributed by atoms with Gasteiger partial charge in [0.2, 0.25) is 0 Å². The maximum Gasteiger partial charge on any atom is 0.131 e. The summed E-state index contributed by atoms with van der Waals surface area (Å²) in [6, 6.07) is 11.6. The molecule has 32 heavy (non-hydrogen) atoms. The zero-order chi connectivity index (χ0) is 22.8. The minimum atomic E-state index is -0.459. The molecule has 0 saturated carbocycles. The van der Waals surface area contributed by atoms with E-state index in [2.05, 4.69) is 54.7 Å². The number of hydrogen-bond donors (Lipinski definition) is 0. The van der Waals surface area contributed by atoms with Gasteiger partial charge >= 0.3 is 0 Å². The van der Waals surface area contributed by atoms with Crippen LogP contribution in [0.15, 0.2) is 53.9 Å². The Morgan fingerprint density at radius 1 is 0.906 bits per heavy atom. The Bertz CT molecular complexity index is 973. The largest absolute Gasteiger partial charge is 0.368 e. The van der Waals surface area contributed by atoms with Crippen LogP contribution in [0, 0.1) is 11.6 Å². The fraction of sp³-hybridized carbons (Fsp3) is 0.400. The van der Waals surface area contributed by atoms with Gasteiger partial charge in [0.05, 0.1) is 6.04 Å². The highest BCUT2D eigenvalue weighted by Gasteiger charge is 2.25. The molecule has 2 aliphatic rings. The molecule has 0 bridgehead atoms. The lowest BCUT2D eigenvalue weighted by Gasteiger charge is -2.37. The number of rotatable bonds is 6. The second-order valence-corrected chi connectivity index (χ2v) is 8.35. The van der Waals surface area contributed by atoms with Gasteiger partial charge in [-0.05, 0) is 56.2 Å². The minimum absolute atomic E-state index is 0.158. The molecule has 1 atom stereocenters. The molecule has 1 unspecified atom stereocenters. The molecule has 4 rings (SSSR count). The van der Waals surface area contributed by atoms with Crippen molar-refractivity contribution in [3.8, 4) is 0 Å². The number of hydrogen-bond acceptors (Lipinski definition) is 5. The van der Waals surface area contributed by atoms with Crippen LogP contribution in [-0.2, 0) is 6.42 Å². The number of halogens is 2. The summed E-state index contributed by atoms with van der Waals surface area (Å²) in [6.45, 7) is 13.2. The van der Waals surface area contributed by atoms with Crippen LogP contribution >= 0.6 is 0 Å². The van der Waals surface area contributed by atoms with E-state index in [1.165, 1.54) is 12.1 Å². The first kappa shape index (κ1) is 22.1. The van der Waals surface area contributed by atoms with Crippen LogP contribution in [-0.4, -0.2) is 43.6 Å². The Kier molecular flexibility index (Phi) is 6.35. The molecule has 0 spiro atoms. The fourth-order valence-electron chi connectivity index (χ4n) is 4.26. The maximum absolute atomic E-state index is 14.2. The number of nitrogens with zero attached hydrogens (tertiary/aromatic N) is 5. The van der Waals surface area contributed by atoms with Gasteiger partial charge in [-0.3, -0.25) is 4.90 Å². The summed E-state index contributed by atoms with van der Waals surface area (Å²) in [5.41, 5.74) is 2.93. The molecule has 2 aromatic rings. The van der Waals surface area contributed by atoms with E-state index in [9.17, 15) is 8.78 Å². The first-order valence-corrected chi connectivity index (χ1v) is 11.3. The number of benzene rings is 2. The normalized spacial score (nSPS) is 17.5. The average molecular weight is 440 g/mol. The molecule has 1 saturated heterocycles. The minimum Gasteiger partial charge on any atom is -0.368 e. The summed E-state index contributed by atoms with van der Waals surface area (Å²) in [6.07, 6.45) is 3.16.